The first kappa shape index (κ1) is 35.2. The Kier molecular flexibility index (Phi) is 8.27. The van der Waals surface area contributed by atoms with Gasteiger partial charge in [-0.25, -0.2) is 0 Å². The molecule has 0 bridgehead atoms. The van der Waals surface area contributed by atoms with E-state index in [1.165, 1.54) is 0 Å². The number of rotatable bonds is 5. The molecule has 0 atom stereocenters. The van der Waals surface area contributed by atoms with Crippen molar-refractivity contribution in [2.75, 3.05) is 0 Å². The Morgan fingerprint density at radius 2 is 0.667 bits per heavy atom. The predicted molar refractivity (Wildman–Crippen MR) is 235 cm³/mol. The number of benzene rings is 8. The number of nitrogens with zero attached hydrogens (tertiary/aromatic N) is 7. The molecule has 274 valence electrons. The molecule has 0 spiro atoms. The maximum absolute atomic E-state index is 11.4. The van der Waals surface area contributed by atoms with E-state index in [1.807, 2.05) is 84.9 Å². The molecular weight excluding hydrogens is 735 g/mol. The van der Waals surface area contributed by atoms with Gasteiger partial charge >= 0.3 is 0 Å². The van der Waals surface area contributed by atoms with Crippen LogP contribution in [0.3, 0.4) is 0 Å². The van der Waals surface area contributed by atoms with Crippen molar-refractivity contribution in [3.63, 3.8) is 0 Å². The molecule has 0 aliphatic heterocycles. The van der Waals surface area contributed by atoms with E-state index in [2.05, 4.69) is 100 Å². The van der Waals surface area contributed by atoms with Crippen LogP contribution in [0.5, 0.6) is 0 Å². The van der Waals surface area contributed by atoms with Crippen LogP contribution in [0.4, 0.5) is 0 Å². The van der Waals surface area contributed by atoms with Crippen molar-refractivity contribution in [3.05, 3.63) is 192 Å². The molecule has 0 aliphatic rings. The van der Waals surface area contributed by atoms with Crippen LogP contribution in [0.15, 0.2) is 164 Å². The van der Waals surface area contributed by atoms with Crippen LogP contribution in [-0.2, 0) is 0 Å². The van der Waals surface area contributed by atoms with E-state index in [-0.39, 0.29) is 0 Å². The van der Waals surface area contributed by atoms with Gasteiger partial charge in [-0.05, 0) is 124 Å². The summed E-state index contributed by atoms with van der Waals surface area (Å²) >= 11 is 0. The van der Waals surface area contributed by atoms with Gasteiger partial charge in [-0.1, -0.05) is 72.8 Å². The molecule has 0 amide bonds. The molecule has 0 saturated heterocycles. The molecule has 0 unspecified atom stereocenters. The molecule has 7 heteroatoms. The van der Waals surface area contributed by atoms with Crippen LogP contribution >= 0.6 is 0 Å². The van der Waals surface area contributed by atoms with Gasteiger partial charge in [-0.2, -0.15) is 26.3 Å². The van der Waals surface area contributed by atoms with Gasteiger partial charge in [0.25, 0.3) is 0 Å². The Morgan fingerprint density at radius 1 is 0.283 bits per heavy atom. The Morgan fingerprint density at radius 3 is 1.08 bits per heavy atom. The van der Waals surface area contributed by atoms with Gasteiger partial charge in [0.1, 0.15) is 11.6 Å². The number of hydrogen-bond acceptors (Lipinski definition) is 5. The monoisotopic (exact) mass is 761 g/mol. The lowest BCUT2D eigenvalue weighted by Crippen LogP contribution is -2.05. The number of fused-ring (bicyclic) bond motifs is 6. The van der Waals surface area contributed by atoms with Crippen molar-refractivity contribution in [1.82, 2.24) is 9.13 Å². The largest absolute Gasteiger partial charge is 0.308 e. The summed E-state index contributed by atoms with van der Waals surface area (Å²) in [5, 5.41) is 54.2. The maximum Gasteiger partial charge on any atom is 0.104 e. The van der Waals surface area contributed by atoms with Gasteiger partial charge in [0.2, 0.25) is 0 Å². The molecule has 7 nitrogen and oxygen atoms in total. The highest BCUT2D eigenvalue weighted by atomic mass is 15.0. The van der Waals surface area contributed by atoms with Crippen molar-refractivity contribution in [1.29, 1.82) is 26.3 Å². The average molecular weight is 762 g/mol. The summed E-state index contributed by atoms with van der Waals surface area (Å²) in [6.45, 7) is 0. The fourth-order valence-electron chi connectivity index (χ4n) is 8.47. The van der Waals surface area contributed by atoms with E-state index < -0.39 is 0 Å². The lowest BCUT2D eigenvalue weighted by molar-refractivity contribution is 1.12. The minimum absolute atomic E-state index is 0.357. The van der Waals surface area contributed by atoms with E-state index in [9.17, 15) is 26.3 Å². The molecule has 0 N–H and O–H groups in total. The second-order valence-electron chi connectivity index (χ2n) is 14.6. The zero-order valence-electron chi connectivity index (χ0n) is 31.7. The zero-order valence-corrected chi connectivity index (χ0v) is 31.7. The third-order valence-corrected chi connectivity index (χ3v) is 11.3. The van der Waals surface area contributed by atoms with Crippen LogP contribution < -0.4 is 0 Å². The van der Waals surface area contributed by atoms with E-state index in [0.717, 1.165) is 71.4 Å². The number of aromatic nitrogens is 2. The lowest BCUT2D eigenvalue weighted by atomic mass is 9.97. The first-order chi connectivity index (χ1) is 29.5. The topological polar surface area (TPSA) is 129 Å². The van der Waals surface area contributed by atoms with Gasteiger partial charge in [0, 0.05) is 21.5 Å². The van der Waals surface area contributed by atoms with Crippen LogP contribution in [-0.4, -0.2) is 9.13 Å². The number of para-hydroxylation sites is 2. The number of nitriles is 5. The summed E-state index contributed by atoms with van der Waals surface area (Å²) in [5.74, 6) is 0. The molecule has 2 aromatic heterocycles. The summed E-state index contributed by atoms with van der Waals surface area (Å²) in [4.78, 5) is 0. The van der Waals surface area contributed by atoms with Crippen molar-refractivity contribution in [2.45, 2.75) is 0 Å². The molecule has 8 aromatic carbocycles. The zero-order chi connectivity index (χ0) is 40.9. The van der Waals surface area contributed by atoms with Gasteiger partial charge < -0.3 is 9.13 Å². The highest BCUT2D eigenvalue weighted by Crippen LogP contribution is 2.42. The molecule has 0 fully saturated rings. The van der Waals surface area contributed by atoms with Crippen molar-refractivity contribution >= 4 is 43.6 Å². The van der Waals surface area contributed by atoms with Gasteiger partial charge in [0.15, 0.2) is 0 Å². The first-order valence-corrected chi connectivity index (χ1v) is 19.1. The van der Waals surface area contributed by atoms with E-state index in [4.69, 9.17) is 0 Å². The molecule has 10 aromatic rings. The molecule has 0 radical (unpaired) electrons. The molecule has 0 saturated carbocycles. The second kappa shape index (κ2) is 14.1. The van der Waals surface area contributed by atoms with E-state index in [1.54, 1.807) is 18.2 Å². The van der Waals surface area contributed by atoms with Gasteiger partial charge in [0.05, 0.1) is 80.0 Å². The minimum atomic E-state index is 0.357. The Hall–Kier alpha value is -9.19. The van der Waals surface area contributed by atoms with Crippen molar-refractivity contribution in [3.8, 4) is 75.1 Å². The SMILES string of the molecule is N#Cc1ccc(-c2ccc3c(c2)c2ccccc2n3-c2cc(-c3cc(C#N)cc(C#N)c3)cc(-n3c4ccccc4c4cc(-c5ccc(C#N)cc5)ccc43)c2C#N)cc1. The highest BCUT2D eigenvalue weighted by molar-refractivity contribution is 6.12. The van der Waals surface area contributed by atoms with Crippen LogP contribution in [0, 0.1) is 56.7 Å². The quantitative estimate of drug-likeness (QED) is 0.172. The van der Waals surface area contributed by atoms with Crippen molar-refractivity contribution < 1.29 is 0 Å². The maximum atomic E-state index is 11.4. The number of hydrogen-bond donors (Lipinski definition) is 0. The normalized spacial score (nSPS) is 10.9. The van der Waals surface area contributed by atoms with Crippen LogP contribution in [0.1, 0.15) is 27.8 Å². The minimum Gasteiger partial charge on any atom is -0.308 e. The van der Waals surface area contributed by atoms with E-state index >= 15 is 0 Å². The Labute approximate surface area is 344 Å². The molecule has 10 rings (SSSR count). The fourth-order valence-corrected chi connectivity index (χ4v) is 8.47. The molecule has 2 heterocycles. The second-order valence-corrected chi connectivity index (χ2v) is 14.6. The Bertz CT molecular complexity index is 3410. The third kappa shape index (κ3) is 5.63. The fraction of sp³-hybridized carbons (Fsp3) is 0. The average Bonchev–Trinajstić information content (AvgIpc) is 3.83. The molecular formula is C53H27N7. The van der Waals surface area contributed by atoms with Gasteiger partial charge in [-0.3, -0.25) is 0 Å². The summed E-state index contributed by atoms with van der Waals surface area (Å²) in [7, 11) is 0. The summed E-state index contributed by atoms with van der Waals surface area (Å²) in [6, 6.07) is 64.5. The summed E-state index contributed by atoms with van der Waals surface area (Å²) < 4.78 is 4.27. The van der Waals surface area contributed by atoms with Gasteiger partial charge in [-0.15, -0.1) is 0 Å². The Balaban J connectivity index is 1.29. The smallest absolute Gasteiger partial charge is 0.104 e. The standard InChI is InChI=1S/C53H27N7/c54-28-33-9-13-37(14-10-33)39-17-19-50-45(24-39)43-5-1-3-7-48(43)59(50)52-26-42(41-22-35(30-56)21-36(23-41)31-57)27-53(47(52)32-58)60-49-8-4-2-6-44(49)46-25-40(18-20-51(46)60)38-15-11-34(29-55)12-16-38/h1-27H. The summed E-state index contributed by atoms with van der Waals surface area (Å²) in [6.07, 6.45) is 0. The highest BCUT2D eigenvalue weighted by Gasteiger charge is 2.23. The molecule has 0 aliphatic carbocycles. The van der Waals surface area contributed by atoms with Crippen LogP contribution in [0.2, 0.25) is 0 Å². The predicted octanol–water partition coefficient (Wildman–Crippen LogP) is 12.2. The van der Waals surface area contributed by atoms with E-state index in [0.29, 0.717) is 44.8 Å². The summed E-state index contributed by atoms with van der Waals surface area (Å²) in [5.41, 5.74) is 12.6. The first-order valence-electron chi connectivity index (χ1n) is 19.1. The van der Waals surface area contributed by atoms with Crippen molar-refractivity contribution in [2.24, 2.45) is 0 Å². The van der Waals surface area contributed by atoms with Crippen LogP contribution in [0.25, 0.3) is 88.4 Å². The lowest BCUT2D eigenvalue weighted by Gasteiger charge is -2.18. The molecule has 60 heavy (non-hydrogen) atoms. The third-order valence-electron chi connectivity index (χ3n) is 11.3.